The lowest BCUT2D eigenvalue weighted by atomic mass is 9.94. The molecule has 2 nitrogen and oxygen atoms in total. The fraction of sp³-hybridized carbons (Fsp3) is 0. The lowest BCUT2D eigenvalue weighted by Crippen LogP contribution is -2.10. The fourth-order valence-corrected chi connectivity index (χ4v) is 9.31. The number of thiophene rings is 1. The minimum atomic E-state index is 0.854. The Hall–Kier alpha value is -6.94. The smallest absolute Gasteiger partial charge is 0.159 e. The maximum absolute atomic E-state index is 7.19. The molecule has 258 valence electrons. The molecule has 0 aliphatic rings. The Morgan fingerprint density at radius 3 is 1.82 bits per heavy atom. The fourth-order valence-electron chi connectivity index (χ4n) is 8.22. The predicted molar refractivity (Wildman–Crippen MR) is 235 cm³/mol. The summed E-state index contributed by atoms with van der Waals surface area (Å²) < 4.78 is 9.76. The van der Waals surface area contributed by atoms with E-state index in [1.807, 2.05) is 11.3 Å². The highest BCUT2D eigenvalue weighted by Gasteiger charge is 2.23. The van der Waals surface area contributed by atoms with E-state index in [0.29, 0.717) is 0 Å². The lowest BCUT2D eigenvalue weighted by molar-refractivity contribution is 0.670. The third kappa shape index (κ3) is 5.32. The van der Waals surface area contributed by atoms with Gasteiger partial charge >= 0.3 is 0 Å². The topological polar surface area (TPSA) is 16.4 Å². The number of para-hydroxylation sites is 1. The normalized spacial score (nSPS) is 11.6. The second-order valence-electron chi connectivity index (χ2n) is 14.1. The van der Waals surface area contributed by atoms with Crippen molar-refractivity contribution in [2.24, 2.45) is 0 Å². The third-order valence-corrected chi connectivity index (χ3v) is 12.0. The van der Waals surface area contributed by atoms with Gasteiger partial charge in [0.1, 0.15) is 5.58 Å². The highest BCUT2D eigenvalue weighted by molar-refractivity contribution is 7.25. The molecule has 0 atom stereocenters. The zero-order valence-electron chi connectivity index (χ0n) is 29.8. The number of hydrogen-bond acceptors (Lipinski definition) is 3. The molecular formula is C52H33NOS. The van der Waals surface area contributed by atoms with Crippen molar-refractivity contribution in [3.05, 3.63) is 200 Å². The number of fused-ring (bicyclic) bond motifs is 7. The molecule has 9 aromatic carbocycles. The Labute approximate surface area is 322 Å². The SMILES string of the molecule is c1ccc(-c2ccc(-c3ccccc3)c3c2oc2c(N(c4ccc(-c5ccc6ccccc6c5)cc4)c4ccc5sc6ccccc6c5c4)cccc23)cc1. The van der Waals surface area contributed by atoms with Gasteiger partial charge in [-0.25, -0.2) is 0 Å². The molecule has 0 radical (unpaired) electrons. The molecule has 0 spiro atoms. The van der Waals surface area contributed by atoms with E-state index in [4.69, 9.17) is 4.42 Å². The molecule has 0 saturated carbocycles. The van der Waals surface area contributed by atoms with Crippen molar-refractivity contribution in [2.45, 2.75) is 0 Å². The molecular weight excluding hydrogens is 687 g/mol. The van der Waals surface area contributed by atoms with Crippen LogP contribution >= 0.6 is 11.3 Å². The predicted octanol–water partition coefficient (Wildman–Crippen LogP) is 15.6. The van der Waals surface area contributed by atoms with Gasteiger partial charge in [0.25, 0.3) is 0 Å². The molecule has 2 heterocycles. The zero-order chi connectivity index (χ0) is 36.3. The van der Waals surface area contributed by atoms with Crippen LogP contribution in [-0.4, -0.2) is 0 Å². The maximum Gasteiger partial charge on any atom is 0.159 e. The van der Waals surface area contributed by atoms with E-state index < -0.39 is 0 Å². The van der Waals surface area contributed by atoms with Crippen LogP contribution in [0.15, 0.2) is 205 Å². The summed E-state index contributed by atoms with van der Waals surface area (Å²) in [6.07, 6.45) is 0. The maximum atomic E-state index is 7.19. The number of benzene rings is 9. The van der Waals surface area contributed by atoms with Crippen molar-refractivity contribution in [1.82, 2.24) is 0 Å². The largest absolute Gasteiger partial charge is 0.453 e. The van der Waals surface area contributed by atoms with E-state index in [-0.39, 0.29) is 0 Å². The quantitative estimate of drug-likeness (QED) is 0.170. The van der Waals surface area contributed by atoms with E-state index in [2.05, 4.69) is 205 Å². The first-order valence-corrected chi connectivity index (χ1v) is 19.5. The van der Waals surface area contributed by atoms with Gasteiger partial charge in [0.05, 0.1) is 5.69 Å². The average Bonchev–Trinajstić information content (AvgIpc) is 3.84. The summed E-state index contributed by atoms with van der Waals surface area (Å²) in [5, 5.41) is 7.22. The molecule has 0 N–H and O–H groups in total. The Kier molecular flexibility index (Phi) is 7.39. The molecule has 0 saturated heterocycles. The summed E-state index contributed by atoms with van der Waals surface area (Å²) in [5.74, 6) is 0. The van der Waals surface area contributed by atoms with Crippen LogP contribution in [0.2, 0.25) is 0 Å². The van der Waals surface area contributed by atoms with Gasteiger partial charge < -0.3 is 9.32 Å². The monoisotopic (exact) mass is 719 g/mol. The summed E-state index contributed by atoms with van der Waals surface area (Å²) in [5.41, 5.74) is 11.8. The minimum absolute atomic E-state index is 0.854. The Morgan fingerprint density at radius 1 is 0.364 bits per heavy atom. The molecule has 0 unspecified atom stereocenters. The van der Waals surface area contributed by atoms with Crippen LogP contribution in [0, 0.1) is 0 Å². The molecule has 55 heavy (non-hydrogen) atoms. The van der Waals surface area contributed by atoms with Gasteiger partial charge in [0, 0.05) is 47.9 Å². The van der Waals surface area contributed by atoms with Crippen molar-refractivity contribution in [2.75, 3.05) is 4.90 Å². The van der Waals surface area contributed by atoms with E-state index >= 15 is 0 Å². The van der Waals surface area contributed by atoms with Gasteiger partial charge in [-0.2, -0.15) is 0 Å². The van der Waals surface area contributed by atoms with Crippen molar-refractivity contribution < 1.29 is 4.42 Å². The molecule has 11 rings (SSSR count). The van der Waals surface area contributed by atoms with E-state index in [9.17, 15) is 0 Å². The van der Waals surface area contributed by atoms with Crippen LogP contribution in [0.1, 0.15) is 0 Å². The summed E-state index contributed by atoms with van der Waals surface area (Å²) in [7, 11) is 0. The Bertz CT molecular complexity index is 3190. The van der Waals surface area contributed by atoms with Crippen molar-refractivity contribution in [1.29, 1.82) is 0 Å². The van der Waals surface area contributed by atoms with E-state index in [1.165, 1.54) is 42.1 Å². The first kappa shape index (κ1) is 31.6. The first-order valence-electron chi connectivity index (χ1n) is 18.7. The molecule has 0 aliphatic heterocycles. The molecule has 3 heteroatoms. The van der Waals surface area contributed by atoms with E-state index in [1.54, 1.807) is 0 Å². The number of rotatable bonds is 6. The molecule has 0 fully saturated rings. The van der Waals surface area contributed by atoms with Crippen LogP contribution in [0.25, 0.3) is 86.3 Å². The van der Waals surface area contributed by atoms with Crippen LogP contribution in [0.3, 0.4) is 0 Å². The summed E-state index contributed by atoms with van der Waals surface area (Å²) in [4.78, 5) is 2.37. The molecule has 0 aliphatic carbocycles. The van der Waals surface area contributed by atoms with Crippen molar-refractivity contribution >= 4 is 81.3 Å². The highest BCUT2D eigenvalue weighted by Crippen LogP contribution is 2.48. The summed E-state index contributed by atoms with van der Waals surface area (Å²) in [6.45, 7) is 0. The summed E-state index contributed by atoms with van der Waals surface area (Å²) >= 11 is 1.84. The number of hydrogen-bond donors (Lipinski definition) is 0. The van der Waals surface area contributed by atoms with Crippen molar-refractivity contribution in [3.8, 4) is 33.4 Å². The standard InChI is InChI=1S/C52H33NOS/c1-3-13-36(14-4-1)42-29-30-43(37-15-5-2-6-16-37)52-50(42)45-19-11-20-47(51(45)54-52)53(41-28-31-49-46(33-41)44-18-9-10-21-48(44)55-49)40-26-24-35(25-27-40)39-23-22-34-12-7-8-17-38(34)32-39/h1-33H. The second kappa shape index (κ2) is 12.9. The highest BCUT2D eigenvalue weighted by atomic mass is 32.1. The van der Waals surface area contributed by atoms with Gasteiger partial charge in [0.15, 0.2) is 5.58 Å². The van der Waals surface area contributed by atoms with Crippen molar-refractivity contribution in [3.63, 3.8) is 0 Å². The Morgan fingerprint density at radius 2 is 1.00 bits per heavy atom. The first-order chi connectivity index (χ1) is 27.3. The van der Waals surface area contributed by atoms with Gasteiger partial charge in [0.2, 0.25) is 0 Å². The molecule has 2 aromatic heterocycles. The third-order valence-electron chi connectivity index (χ3n) is 10.9. The van der Waals surface area contributed by atoms with Gasteiger partial charge in [-0.05, 0) is 93.2 Å². The summed E-state index contributed by atoms with van der Waals surface area (Å²) in [6, 6.07) is 72.0. The van der Waals surface area contributed by atoms with Crippen LogP contribution in [0.5, 0.6) is 0 Å². The van der Waals surface area contributed by atoms with Crippen LogP contribution in [0.4, 0.5) is 17.1 Å². The van der Waals surface area contributed by atoms with Gasteiger partial charge in [-0.15, -0.1) is 11.3 Å². The van der Waals surface area contributed by atoms with Crippen LogP contribution < -0.4 is 4.90 Å². The molecule has 0 amide bonds. The van der Waals surface area contributed by atoms with Crippen LogP contribution in [-0.2, 0) is 0 Å². The number of furan rings is 1. The van der Waals surface area contributed by atoms with Gasteiger partial charge in [-0.3, -0.25) is 0 Å². The average molecular weight is 720 g/mol. The van der Waals surface area contributed by atoms with E-state index in [0.717, 1.165) is 61.3 Å². The Balaban J connectivity index is 1.15. The second-order valence-corrected chi connectivity index (χ2v) is 15.2. The lowest BCUT2D eigenvalue weighted by Gasteiger charge is -2.26. The number of anilines is 3. The number of nitrogens with zero attached hydrogens (tertiary/aromatic N) is 1. The molecule has 11 aromatic rings. The molecule has 0 bridgehead atoms. The minimum Gasteiger partial charge on any atom is -0.453 e. The zero-order valence-corrected chi connectivity index (χ0v) is 30.6. The van der Waals surface area contributed by atoms with Gasteiger partial charge in [-0.1, -0.05) is 146 Å².